The van der Waals surface area contributed by atoms with Gasteiger partial charge in [-0.3, -0.25) is 0 Å². The van der Waals surface area contributed by atoms with E-state index in [4.69, 9.17) is 0 Å². The van der Waals surface area contributed by atoms with Gasteiger partial charge in [-0.05, 0) is 25.1 Å². The highest BCUT2D eigenvalue weighted by atomic mass is 79.9. The zero-order chi connectivity index (χ0) is 12.9. The van der Waals surface area contributed by atoms with Gasteiger partial charge in [0.15, 0.2) is 0 Å². The van der Waals surface area contributed by atoms with Gasteiger partial charge >= 0.3 is 6.18 Å². The highest BCUT2D eigenvalue weighted by molar-refractivity contribution is 9.10. The van der Waals surface area contributed by atoms with Crippen molar-refractivity contribution in [1.29, 1.82) is 0 Å². The molecule has 1 N–H and O–H groups in total. The van der Waals surface area contributed by atoms with Crippen LogP contribution in [-0.2, 0) is 6.54 Å². The normalized spacial score (nSPS) is 11.8. The molecule has 0 aromatic heterocycles. The van der Waals surface area contributed by atoms with Gasteiger partial charge in [-0.1, -0.05) is 22.0 Å². The fraction of sp³-hybridized carbons (Fsp3) is 0.455. The molecule has 0 aliphatic carbocycles. The maximum absolute atomic E-state index is 13.3. The summed E-state index contributed by atoms with van der Waals surface area (Å²) in [5.74, 6) is -0.373. The van der Waals surface area contributed by atoms with Gasteiger partial charge in [-0.2, -0.15) is 13.2 Å². The molecular weight excluding hydrogens is 302 g/mol. The van der Waals surface area contributed by atoms with Crippen LogP contribution in [0.25, 0.3) is 0 Å². The molecule has 0 aliphatic rings. The van der Waals surface area contributed by atoms with Gasteiger partial charge in [0.25, 0.3) is 0 Å². The molecule has 1 aromatic carbocycles. The highest BCUT2D eigenvalue weighted by Crippen LogP contribution is 2.20. The van der Waals surface area contributed by atoms with Crippen molar-refractivity contribution in [1.82, 2.24) is 5.32 Å². The van der Waals surface area contributed by atoms with E-state index >= 15 is 0 Å². The first kappa shape index (κ1) is 14.4. The van der Waals surface area contributed by atoms with E-state index in [9.17, 15) is 17.6 Å². The second kappa shape index (κ2) is 6.35. The summed E-state index contributed by atoms with van der Waals surface area (Å²) < 4.78 is 49.4. The van der Waals surface area contributed by atoms with E-state index in [1.54, 1.807) is 12.1 Å². The summed E-state index contributed by atoms with van der Waals surface area (Å²) in [6.07, 6.45) is -4.94. The van der Waals surface area contributed by atoms with Gasteiger partial charge in [0.1, 0.15) is 5.82 Å². The Kier molecular flexibility index (Phi) is 5.39. The van der Waals surface area contributed by atoms with Crippen LogP contribution in [0.15, 0.2) is 22.7 Å². The number of hydrogen-bond donors (Lipinski definition) is 1. The molecule has 17 heavy (non-hydrogen) atoms. The standard InChI is InChI=1S/C11H12BrF4N/c12-9-3-2-8(10(13)6-9)7-17-5-1-4-11(14,15)16/h2-3,6,17H,1,4-5,7H2. The number of halogens is 5. The summed E-state index contributed by atoms with van der Waals surface area (Å²) in [5.41, 5.74) is 0.445. The van der Waals surface area contributed by atoms with Gasteiger partial charge in [-0.25, -0.2) is 4.39 Å². The lowest BCUT2D eigenvalue weighted by molar-refractivity contribution is -0.135. The third-order valence-corrected chi connectivity index (χ3v) is 2.64. The van der Waals surface area contributed by atoms with Gasteiger partial charge in [0.2, 0.25) is 0 Å². The summed E-state index contributed by atoms with van der Waals surface area (Å²) in [6, 6.07) is 4.61. The highest BCUT2D eigenvalue weighted by Gasteiger charge is 2.25. The lowest BCUT2D eigenvalue weighted by Gasteiger charge is -2.08. The van der Waals surface area contributed by atoms with Crippen molar-refractivity contribution in [3.63, 3.8) is 0 Å². The van der Waals surface area contributed by atoms with Crippen molar-refractivity contribution in [3.05, 3.63) is 34.1 Å². The van der Waals surface area contributed by atoms with Gasteiger partial charge in [0.05, 0.1) is 0 Å². The number of alkyl halides is 3. The molecule has 0 spiro atoms. The smallest absolute Gasteiger partial charge is 0.313 e. The molecule has 0 saturated heterocycles. The Hall–Kier alpha value is -0.620. The fourth-order valence-electron chi connectivity index (χ4n) is 1.30. The van der Waals surface area contributed by atoms with Crippen LogP contribution in [0.3, 0.4) is 0 Å². The molecule has 0 unspecified atom stereocenters. The van der Waals surface area contributed by atoms with Crippen LogP contribution in [-0.4, -0.2) is 12.7 Å². The van der Waals surface area contributed by atoms with Crippen molar-refractivity contribution in [2.75, 3.05) is 6.54 Å². The molecule has 0 saturated carbocycles. The SMILES string of the molecule is Fc1cc(Br)ccc1CNCCCC(F)(F)F. The molecule has 0 fully saturated rings. The Balaban J connectivity index is 2.27. The van der Waals surface area contributed by atoms with E-state index in [1.165, 1.54) is 6.07 Å². The molecule has 1 nitrogen and oxygen atoms in total. The molecular formula is C11H12BrF4N. The predicted octanol–water partition coefficient (Wildman–Crippen LogP) is 4.02. The van der Waals surface area contributed by atoms with E-state index in [0.29, 0.717) is 10.0 Å². The topological polar surface area (TPSA) is 12.0 Å². The molecule has 1 rings (SSSR count). The second-order valence-corrected chi connectivity index (χ2v) is 4.55. The molecule has 0 radical (unpaired) electrons. The number of benzene rings is 1. The molecule has 1 aromatic rings. The second-order valence-electron chi connectivity index (χ2n) is 3.63. The van der Waals surface area contributed by atoms with Crippen molar-refractivity contribution in [2.45, 2.75) is 25.6 Å². The van der Waals surface area contributed by atoms with Crippen LogP contribution in [0.1, 0.15) is 18.4 Å². The summed E-state index contributed by atoms with van der Waals surface area (Å²) in [5, 5.41) is 2.78. The Bertz CT molecular complexity index is 365. The molecule has 0 bridgehead atoms. The van der Waals surface area contributed by atoms with Gasteiger partial charge in [0, 0.05) is 23.0 Å². The summed E-state index contributed by atoms with van der Waals surface area (Å²) >= 11 is 3.13. The minimum absolute atomic E-state index is 0.00163. The van der Waals surface area contributed by atoms with Crippen LogP contribution in [0.5, 0.6) is 0 Å². The summed E-state index contributed by atoms with van der Waals surface area (Å²) in [4.78, 5) is 0. The van der Waals surface area contributed by atoms with Crippen molar-refractivity contribution < 1.29 is 17.6 Å². The lowest BCUT2D eigenvalue weighted by Crippen LogP contribution is -2.18. The Morgan fingerprint density at radius 2 is 1.94 bits per heavy atom. The molecule has 0 atom stereocenters. The van der Waals surface area contributed by atoms with E-state index in [-0.39, 0.29) is 25.3 Å². The first-order valence-corrected chi connectivity index (χ1v) is 5.89. The van der Waals surface area contributed by atoms with Crippen molar-refractivity contribution in [2.24, 2.45) is 0 Å². The van der Waals surface area contributed by atoms with E-state index in [2.05, 4.69) is 21.2 Å². The van der Waals surface area contributed by atoms with Crippen LogP contribution >= 0.6 is 15.9 Å². The lowest BCUT2D eigenvalue weighted by atomic mass is 10.2. The largest absolute Gasteiger partial charge is 0.389 e. The van der Waals surface area contributed by atoms with E-state index in [0.717, 1.165) is 0 Å². The minimum Gasteiger partial charge on any atom is -0.313 e. The van der Waals surface area contributed by atoms with Crippen molar-refractivity contribution in [3.8, 4) is 0 Å². The Morgan fingerprint density at radius 1 is 1.24 bits per heavy atom. The zero-order valence-corrected chi connectivity index (χ0v) is 10.5. The van der Waals surface area contributed by atoms with E-state index in [1.807, 2.05) is 0 Å². The van der Waals surface area contributed by atoms with Gasteiger partial charge in [-0.15, -0.1) is 0 Å². The van der Waals surface area contributed by atoms with Crippen LogP contribution in [0.2, 0.25) is 0 Å². The Labute approximate surface area is 105 Å². The minimum atomic E-state index is -4.12. The summed E-state index contributed by atoms with van der Waals surface area (Å²) in [7, 11) is 0. The van der Waals surface area contributed by atoms with Crippen LogP contribution in [0.4, 0.5) is 17.6 Å². The molecule has 6 heteroatoms. The third kappa shape index (κ3) is 6.02. The van der Waals surface area contributed by atoms with E-state index < -0.39 is 12.6 Å². The maximum Gasteiger partial charge on any atom is 0.389 e. The predicted molar refractivity (Wildman–Crippen MR) is 61.1 cm³/mol. The van der Waals surface area contributed by atoms with Crippen LogP contribution < -0.4 is 5.32 Å². The first-order valence-electron chi connectivity index (χ1n) is 5.10. The van der Waals surface area contributed by atoms with Gasteiger partial charge < -0.3 is 5.32 Å². The number of nitrogens with one attached hydrogen (secondary N) is 1. The zero-order valence-electron chi connectivity index (χ0n) is 8.95. The Morgan fingerprint density at radius 3 is 2.53 bits per heavy atom. The fourth-order valence-corrected chi connectivity index (χ4v) is 1.64. The summed E-state index contributed by atoms with van der Waals surface area (Å²) in [6.45, 7) is 0.450. The average Bonchev–Trinajstić information content (AvgIpc) is 2.18. The first-order chi connectivity index (χ1) is 7.88. The average molecular weight is 314 g/mol. The maximum atomic E-state index is 13.3. The quantitative estimate of drug-likeness (QED) is 0.639. The molecule has 96 valence electrons. The molecule has 0 heterocycles. The number of rotatable bonds is 5. The van der Waals surface area contributed by atoms with Crippen molar-refractivity contribution >= 4 is 15.9 Å². The monoisotopic (exact) mass is 313 g/mol. The third-order valence-electron chi connectivity index (χ3n) is 2.14. The number of hydrogen-bond acceptors (Lipinski definition) is 1. The van der Waals surface area contributed by atoms with Crippen LogP contribution in [0, 0.1) is 5.82 Å². The molecule has 0 amide bonds. The molecule has 0 aliphatic heterocycles.